The number of amides is 1. The third kappa shape index (κ3) is 5.34. The molecule has 0 atom stereocenters. The van der Waals surface area contributed by atoms with E-state index >= 15 is 0 Å². The molecule has 0 aliphatic carbocycles. The highest BCUT2D eigenvalue weighted by Gasteiger charge is 2.30. The molecule has 0 bridgehead atoms. The van der Waals surface area contributed by atoms with E-state index in [1.54, 1.807) is 10.7 Å². The number of alkyl halides is 3. The Labute approximate surface area is 171 Å². The Kier molecular flexibility index (Phi) is 6.66. The summed E-state index contributed by atoms with van der Waals surface area (Å²) in [7, 11) is 0. The number of carbonyl (C=O) groups is 1. The molecule has 0 fully saturated rings. The zero-order valence-electron chi connectivity index (χ0n) is 16.3. The molecule has 3 aromatic rings. The Morgan fingerprint density at radius 1 is 1.10 bits per heavy atom. The molecule has 0 unspecified atom stereocenters. The Bertz CT molecular complexity index is 1060. The number of ether oxygens (including phenoxy) is 1. The first kappa shape index (κ1) is 21.3. The minimum Gasteiger partial charge on any atom is -0.478 e. The van der Waals surface area contributed by atoms with Crippen molar-refractivity contribution in [3.8, 4) is 11.6 Å². The largest absolute Gasteiger partial charge is 0.478 e. The normalized spacial score (nSPS) is 12.1. The molecule has 1 aromatic heterocycles. The standard InChI is InChI=1S/C22H20F3N3O2/c1-2-3-13-30-20-14-18(15-26-28(20)19-7-5-4-6-8-19)27-21(29)16-9-11-17(12-10-16)22(23,24)25/h4-12,14-15H,2-3,13H2,1H3. The Balaban J connectivity index is 1.92. The van der Waals surface area contributed by atoms with Gasteiger partial charge in [-0.25, -0.2) is 9.67 Å². The van der Waals surface area contributed by atoms with Crippen molar-refractivity contribution in [1.29, 1.82) is 0 Å². The summed E-state index contributed by atoms with van der Waals surface area (Å²) < 4.78 is 45.5. The lowest BCUT2D eigenvalue weighted by atomic mass is 10.1. The third-order valence-corrected chi connectivity index (χ3v) is 4.22. The number of hydrogen-bond acceptors (Lipinski definition) is 3. The van der Waals surface area contributed by atoms with Gasteiger partial charge in [-0.05, 0) is 42.8 Å². The number of benzene rings is 2. The van der Waals surface area contributed by atoms with Crippen LogP contribution in [0.5, 0.6) is 5.88 Å². The number of para-hydroxylation sites is 1. The molecule has 0 aliphatic heterocycles. The Morgan fingerprint density at radius 2 is 1.80 bits per heavy atom. The average Bonchev–Trinajstić information content (AvgIpc) is 2.74. The first-order chi connectivity index (χ1) is 14.4. The molecule has 1 heterocycles. The van der Waals surface area contributed by atoms with Gasteiger partial charge >= 0.3 is 6.18 Å². The van der Waals surface area contributed by atoms with Crippen molar-refractivity contribution < 1.29 is 22.7 Å². The summed E-state index contributed by atoms with van der Waals surface area (Å²) in [6.45, 7) is 2.52. The molecular formula is C22H20F3N3O2. The zero-order chi connectivity index (χ0) is 21.6. The molecule has 0 aliphatic rings. The van der Waals surface area contributed by atoms with E-state index in [0.29, 0.717) is 12.5 Å². The van der Waals surface area contributed by atoms with Crippen LogP contribution in [0.2, 0.25) is 0 Å². The number of carbonyl (C=O) groups excluding carboxylic acids is 1. The SMILES string of the molecule is CCCCOc1cc(=NC(=O)c2ccc(C(F)(F)F)cc2)cnn1-c1ccccc1. The van der Waals surface area contributed by atoms with Gasteiger partial charge in [-0.3, -0.25) is 4.79 Å². The van der Waals surface area contributed by atoms with Crippen LogP contribution in [0.15, 0.2) is 71.9 Å². The van der Waals surface area contributed by atoms with Crippen LogP contribution in [0, 0.1) is 0 Å². The fraction of sp³-hybridized carbons (Fsp3) is 0.227. The van der Waals surface area contributed by atoms with Gasteiger partial charge in [-0.15, -0.1) is 0 Å². The van der Waals surface area contributed by atoms with Crippen molar-refractivity contribution in [3.05, 3.63) is 83.3 Å². The molecule has 0 spiro atoms. The number of unbranched alkanes of at least 4 members (excludes halogenated alkanes) is 1. The summed E-state index contributed by atoms with van der Waals surface area (Å²) in [5, 5.41) is 4.57. The van der Waals surface area contributed by atoms with E-state index in [1.165, 1.54) is 6.20 Å². The van der Waals surface area contributed by atoms with Crippen molar-refractivity contribution in [2.24, 2.45) is 4.99 Å². The van der Waals surface area contributed by atoms with Gasteiger partial charge in [0, 0.05) is 11.6 Å². The van der Waals surface area contributed by atoms with E-state index in [1.807, 2.05) is 37.3 Å². The second-order valence-electron chi connectivity index (χ2n) is 6.49. The maximum absolute atomic E-state index is 12.7. The van der Waals surface area contributed by atoms with E-state index in [-0.39, 0.29) is 10.9 Å². The summed E-state index contributed by atoms with van der Waals surface area (Å²) in [6.07, 6.45) is -1.25. The van der Waals surface area contributed by atoms with Crippen LogP contribution < -0.4 is 10.1 Å². The molecule has 0 saturated carbocycles. The van der Waals surface area contributed by atoms with E-state index in [2.05, 4.69) is 10.1 Å². The van der Waals surface area contributed by atoms with Gasteiger partial charge in [0.25, 0.3) is 5.91 Å². The number of halogens is 3. The molecule has 156 valence electrons. The fourth-order valence-electron chi connectivity index (χ4n) is 2.63. The van der Waals surface area contributed by atoms with E-state index in [4.69, 9.17) is 4.74 Å². The fourth-order valence-corrected chi connectivity index (χ4v) is 2.63. The van der Waals surface area contributed by atoms with Crippen molar-refractivity contribution in [3.63, 3.8) is 0 Å². The average molecular weight is 415 g/mol. The lowest BCUT2D eigenvalue weighted by Gasteiger charge is -2.13. The molecule has 0 saturated heterocycles. The van der Waals surface area contributed by atoms with Crippen LogP contribution >= 0.6 is 0 Å². The minimum atomic E-state index is -4.46. The topological polar surface area (TPSA) is 56.5 Å². The van der Waals surface area contributed by atoms with Crippen LogP contribution in [0.4, 0.5) is 13.2 Å². The van der Waals surface area contributed by atoms with Gasteiger partial charge in [0.2, 0.25) is 5.88 Å². The van der Waals surface area contributed by atoms with Gasteiger partial charge in [0.15, 0.2) is 0 Å². The summed E-state index contributed by atoms with van der Waals surface area (Å²) in [4.78, 5) is 16.3. The third-order valence-electron chi connectivity index (χ3n) is 4.22. The maximum atomic E-state index is 12.7. The van der Waals surface area contributed by atoms with Crippen LogP contribution in [-0.2, 0) is 6.18 Å². The molecule has 0 N–H and O–H groups in total. The molecule has 2 aromatic carbocycles. The highest BCUT2D eigenvalue weighted by molar-refractivity contribution is 5.94. The molecule has 30 heavy (non-hydrogen) atoms. The number of nitrogens with zero attached hydrogens (tertiary/aromatic N) is 3. The van der Waals surface area contributed by atoms with Gasteiger partial charge in [0.05, 0.1) is 29.4 Å². The highest BCUT2D eigenvalue weighted by atomic mass is 19.4. The summed E-state index contributed by atoms with van der Waals surface area (Å²) in [5.41, 5.74) is 0.0109. The van der Waals surface area contributed by atoms with E-state index < -0.39 is 17.6 Å². The van der Waals surface area contributed by atoms with Crippen molar-refractivity contribution in [2.75, 3.05) is 6.61 Å². The Morgan fingerprint density at radius 3 is 2.43 bits per heavy atom. The first-order valence-corrected chi connectivity index (χ1v) is 9.42. The number of aromatic nitrogens is 2. The quantitative estimate of drug-likeness (QED) is 0.543. The van der Waals surface area contributed by atoms with Crippen molar-refractivity contribution >= 4 is 5.91 Å². The lowest BCUT2D eigenvalue weighted by molar-refractivity contribution is -0.137. The Hall–Kier alpha value is -3.42. The predicted molar refractivity (Wildman–Crippen MR) is 105 cm³/mol. The zero-order valence-corrected chi connectivity index (χ0v) is 16.3. The number of hydrogen-bond donors (Lipinski definition) is 0. The van der Waals surface area contributed by atoms with Gasteiger partial charge in [0.1, 0.15) is 0 Å². The van der Waals surface area contributed by atoms with Crippen LogP contribution in [0.1, 0.15) is 35.7 Å². The smallest absolute Gasteiger partial charge is 0.416 e. The van der Waals surface area contributed by atoms with Gasteiger partial charge < -0.3 is 4.74 Å². The van der Waals surface area contributed by atoms with E-state index in [9.17, 15) is 18.0 Å². The highest BCUT2D eigenvalue weighted by Crippen LogP contribution is 2.29. The number of rotatable bonds is 6. The van der Waals surface area contributed by atoms with Crippen LogP contribution in [-0.4, -0.2) is 22.3 Å². The second kappa shape index (κ2) is 9.39. The molecule has 0 radical (unpaired) electrons. The lowest BCUT2D eigenvalue weighted by Crippen LogP contribution is -2.16. The predicted octanol–water partition coefficient (Wildman–Crippen LogP) is 4.81. The molecule has 1 amide bonds. The molecule has 3 rings (SSSR count). The van der Waals surface area contributed by atoms with Crippen molar-refractivity contribution in [2.45, 2.75) is 25.9 Å². The first-order valence-electron chi connectivity index (χ1n) is 9.42. The monoisotopic (exact) mass is 415 g/mol. The molecule has 5 nitrogen and oxygen atoms in total. The van der Waals surface area contributed by atoms with Gasteiger partial charge in [-0.2, -0.15) is 18.3 Å². The maximum Gasteiger partial charge on any atom is 0.416 e. The molecular weight excluding hydrogens is 395 g/mol. The van der Waals surface area contributed by atoms with Crippen LogP contribution in [0.25, 0.3) is 5.69 Å². The minimum absolute atomic E-state index is 0.0521. The molecule has 8 heteroatoms. The van der Waals surface area contributed by atoms with E-state index in [0.717, 1.165) is 42.8 Å². The van der Waals surface area contributed by atoms with Crippen molar-refractivity contribution in [1.82, 2.24) is 9.78 Å². The van der Waals surface area contributed by atoms with Crippen LogP contribution in [0.3, 0.4) is 0 Å². The second-order valence-corrected chi connectivity index (χ2v) is 6.49. The summed E-state index contributed by atoms with van der Waals surface area (Å²) >= 11 is 0. The van der Waals surface area contributed by atoms with Gasteiger partial charge in [-0.1, -0.05) is 31.5 Å². The summed E-state index contributed by atoms with van der Waals surface area (Å²) in [5.74, 6) is -0.251. The summed E-state index contributed by atoms with van der Waals surface area (Å²) in [6, 6.07) is 14.9.